The van der Waals surface area contributed by atoms with Crippen molar-refractivity contribution < 1.29 is 8.42 Å². The highest BCUT2D eigenvalue weighted by atomic mass is 32.2. The summed E-state index contributed by atoms with van der Waals surface area (Å²) in [6.07, 6.45) is 7.11. The summed E-state index contributed by atoms with van der Waals surface area (Å²) < 4.78 is 27.1. The van der Waals surface area contributed by atoms with E-state index in [1.54, 1.807) is 0 Å². The molecule has 5 heteroatoms. The van der Waals surface area contributed by atoms with E-state index in [1.165, 1.54) is 25.7 Å². The van der Waals surface area contributed by atoms with Crippen molar-refractivity contribution in [1.82, 2.24) is 10.0 Å². The fourth-order valence-corrected chi connectivity index (χ4v) is 4.86. The average Bonchev–Trinajstić information content (AvgIpc) is 2.38. The van der Waals surface area contributed by atoms with Crippen molar-refractivity contribution >= 4 is 10.0 Å². The standard InChI is InChI=1S/C14H28N2O2S/c1-12-5-2-3-7-14(12)10-16-19(17,18)11-13-6-4-8-15-9-13/h12-16H,2-11H2,1H3. The quantitative estimate of drug-likeness (QED) is 0.810. The second-order valence-corrected chi connectivity index (χ2v) is 8.22. The van der Waals surface area contributed by atoms with Crippen LogP contribution in [0.4, 0.5) is 0 Å². The van der Waals surface area contributed by atoms with E-state index in [0.717, 1.165) is 25.9 Å². The van der Waals surface area contributed by atoms with Crippen LogP contribution in [0.1, 0.15) is 45.4 Å². The van der Waals surface area contributed by atoms with Crippen LogP contribution < -0.4 is 10.0 Å². The molecule has 19 heavy (non-hydrogen) atoms. The van der Waals surface area contributed by atoms with Crippen LogP contribution in [0, 0.1) is 17.8 Å². The van der Waals surface area contributed by atoms with Gasteiger partial charge < -0.3 is 5.32 Å². The molecule has 1 saturated heterocycles. The zero-order chi connectivity index (χ0) is 13.7. The van der Waals surface area contributed by atoms with Crippen LogP contribution in [0.2, 0.25) is 0 Å². The maximum Gasteiger partial charge on any atom is 0.211 e. The minimum atomic E-state index is -3.09. The average molecular weight is 288 g/mol. The highest BCUT2D eigenvalue weighted by Crippen LogP contribution is 2.29. The molecular weight excluding hydrogens is 260 g/mol. The van der Waals surface area contributed by atoms with E-state index in [2.05, 4.69) is 17.0 Å². The van der Waals surface area contributed by atoms with Gasteiger partial charge in [0.05, 0.1) is 5.75 Å². The second-order valence-electron chi connectivity index (χ2n) is 6.36. The Morgan fingerprint density at radius 1 is 1.16 bits per heavy atom. The number of piperidine rings is 1. The Bertz CT molecular complexity index is 364. The summed E-state index contributed by atoms with van der Waals surface area (Å²) in [5.41, 5.74) is 0. The molecule has 1 aliphatic heterocycles. The fourth-order valence-electron chi connectivity index (χ4n) is 3.37. The van der Waals surface area contributed by atoms with E-state index < -0.39 is 10.0 Å². The van der Waals surface area contributed by atoms with E-state index in [0.29, 0.717) is 24.1 Å². The lowest BCUT2D eigenvalue weighted by Gasteiger charge is -2.29. The van der Waals surface area contributed by atoms with Crippen LogP contribution in [-0.4, -0.2) is 33.8 Å². The summed E-state index contributed by atoms with van der Waals surface area (Å²) in [6.45, 7) is 4.77. The first-order chi connectivity index (χ1) is 9.07. The molecule has 2 N–H and O–H groups in total. The summed E-state index contributed by atoms with van der Waals surface area (Å²) in [6, 6.07) is 0. The van der Waals surface area contributed by atoms with Gasteiger partial charge in [-0.15, -0.1) is 0 Å². The third-order valence-corrected chi connectivity index (χ3v) is 6.23. The number of hydrogen-bond acceptors (Lipinski definition) is 3. The lowest BCUT2D eigenvalue weighted by molar-refractivity contribution is 0.257. The summed E-state index contributed by atoms with van der Waals surface area (Å²) in [5.74, 6) is 1.78. The van der Waals surface area contributed by atoms with Crippen molar-refractivity contribution in [2.45, 2.75) is 45.4 Å². The van der Waals surface area contributed by atoms with Crippen LogP contribution in [0.5, 0.6) is 0 Å². The normalized spacial score (nSPS) is 33.2. The van der Waals surface area contributed by atoms with E-state index in [9.17, 15) is 8.42 Å². The summed E-state index contributed by atoms with van der Waals surface area (Å²) >= 11 is 0. The van der Waals surface area contributed by atoms with Gasteiger partial charge in [-0.25, -0.2) is 13.1 Å². The molecule has 1 aliphatic carbocycles. The Labute approximate surface area is 117 Å². The number of hydrogen-bond donors (Lipinski definition) is 2. The Kier molecular flexibility index (Phi) is 5.66. The smallest absolute Gasteiger partial charge is 0.211 e. The number of sulfonamides is 1. The number of rotatable bonds is 5. The van der Waals surface area contributed by atoms with Gasteiger partial charge in [-0.05, 0) is 50.1 Å². The zero-order valence-corrected chi connectivity index (χ0v) is 12.8. The second kappa shape index (κ2) is 7.04. The van der Waals surface area contributed by atoms with Gasteiger partial charge in [0, 0.05) is 6.54 Å². The molecule has 0 amide bonds. The Balaban J connectivity index is 1.76. The van der Waals surface area contributed by atoms with Crippen molar-refractivity contribution in [3.05, 3.63) is 0 Å². The molecule has 1 heterocycles. The first-order valence-corrected chi connectivity index (χ1v) is 9.40. The molecule has 2 fully saturated rings. The van der Waals surface area contributed by atoms with Crippen LogP contribution in [-0.2, 0) is 10.0 Å². The molecule has 3 atom stereocenters. The van der Waals surface area contributed by atoms with Crippen molar-refractivity contribution in [2.24, 2.45) is 17.8 Å². The summed E-state index contributed by atoms with van der Waals surface area (Å²) in [4.78, 5) is 0. The van der Waals surface area contributed by atoms with E-state index in [1.807, 2.05) is 0 Å². The molecule has 2 rings (SSSR count). The Morgan fingerprint density at radius 3 is 2.63 bits per heavy atom. The fraction of sp³-hybridized carbons (Fsp3) is 1.00. The monoisotopic (exact) mass is 288 g/mol. The van der Waals surface area contributed by atoms with Gasteiger partial charge in [0.2, 0.25) is 10.0 Å². The van der Waals surface area contributed by atoms with Gasteiger partial charge in [-0.1, -0.05) is 26.2 Å². The maximum absolute atomic E-state index is 12.1. The molecule has 1 saturated carbocycles. The van der Waals surface area contributed by atoms with Gasteiger partial charge in [0.25, 0.3) is 0 Å². The SMILES string of the molecule is CC1CCCCC1CNS(=O)(=O)CC1CCCNC1. The summed E-state index contributed by atoms with van der Waals surface area (Å²) in [5, 5.41) is 3.28. The highest BCUT2D eigenvalue weighted by molar-refractivity contribution is 7.89. The van der Waals surface area contributed by atoms with E-state index in [4.69, 9.17) is 0 Å². The summed E-state index contributed by atoms with van der Waals surface area (Å²) in [7, 11) is -3.09. The molecule has 0 bridgehead atoms. The minimum Gasteiger partial charge on any atom is -0.316 e. The van der Waals surface area contributed by atoms with Crippen molar-refractivity contribution in [2.75, 3.05) is 25.4 Å². The lowest BCUT2D eigenvalue weighted by Crippen LogP contribution is -2.40. The molecule has 0 spiro atoms. The van der Waals surface area contributed by atoms with Crippen molar-refractivity contribution in [3.8, 4) is 0 Å². The van der Waals surface area contributed by atoms with Crippen LogP contribution in [0.15, 0.2) is 0 Å². The van der Waals surface area contributed by atoms with Gasteiger partial charge >= 0.3 is 0 Å². The predicted octanol–water partition coefficient (Wildman–Crippen LogP) is 1.73. The lowest BCUT2D eigenvalue weighted by atomic mass is 9.81. The topological polar surface area (TPSA) is 58.2 Å². The molecule has 0 aromatic carbocycles. The predicted molar refractivity (Wildman–Crippen MR) is 78.5 cm³/mol. The highest BCUT2D eigenvalue weighted by Gasteiger charge is 2.25. The largest absolute Gasteiger partial charge is 0.316 e. The number of nitrogens with one attached hydrogen (secondary N) is 2. The maximum atomic E-state index is 12.1. The van der Waals surface area contributed by atoms with Gasteiger partial charge in [0.15, 0.2) is 0 Å². The van der Waals surface area contributed by atoms with E-state index in [-0.39, 0.29) is 5.92 Å². The van der Waals surface area contributed by atoms with Gasteiger partial charge in [-0.3, -0.25) is 0 Å². The molecular formula is C14H28N2O2S. The van der Waals surface area contributed by atoms with Crippen molar-refractivity contribution in [1.29, 1.82) is 0 Å². The molecule has 0 aromatic rings. The van der Waals surface area contributed by atoms with Crippen molar-refractivity contribution in [3.63, 3.8) is 0 Å². The van der Waals surface area contributed by atoms with Gasteiger partial charge in [-0.2, -0.15) is 0 Å². The molecule has 3 unspecified atom stereocenters. The van der Waals surface area contributed by atoms with Gasteiger partial charge in [0.1, 0.15) is 0 Å². The van der Waals surface area contributed by atoms with Crippen LogP contribution in [0.3, 0.4) is 0 Å². The third-order valence-electron chi connectivity index (χ3n) is 4.71. The van der Waals surface area contributed by atoms with E-state index >= 15 is 0 Å². The molecule has 2 aliphatic rings. The Morgan fingerprint density at radius 2 is 1.95 bits per heavy atom. The van der Waals surface area contributed by atoms with Crippen LogP contribution >= 0.6 is 0 Å². The first-order valence-electron chi connectivity index (χ1n) is 7.75. The minimum absolute atomic E-state index is 0.287. The zero-order valence-electron chi connectivity index (χ0n) is 12.0. The molecule has 0 radical (unpaired) electrons. The Hall–Kier alpha value is -0.130. The third kappa shape index (κ3) is 5.04. The first kappa shape index (κ1) is 15.3. The molecule has 4 nitrogen and oxygen atoms in total. The molecule has 0 aromatic heterocycles. The molecule has 112 valence electrons. The van der Waals surface area contributed by atoms with Crippen LogP contribution in [0.25, 0.3) is 0 Å².